The van der Waals surface area contributed by atoms with Crippen molar-refractivity contribution in [3.8, 4) is 11.3 Å². The molecule has 25 heavy (non-hydrogen) atoms. The Kier molecular flexibility index (Phi) is 4.61. The van der Waals surface area contributed by atoms with Crippen molar-refractivity contribution >= 4 is 29.7 Å². The van der Waals surface area contributed by atoms with Gasteiger partial charge >= 0.3 is 0 Å². The molecule has 0 amide bonds. The zero-order valence-corrected chi connectivity index (χ0v) is 14.6. The second-order valence-electron chi connectivity index (χ2n) is 5.69. The maximum absolute atomic E-state index is 13.1. The van der Waals surface area contributed by atoms with Crippen LogP contribution in [0.1, 0.15) is 29.9 Å². The third-order valence-electron chi connectivity index (χ3n) is 4.37. The van der Waals surface area contributed by atoms with Crippen molar-refractivity contribution in [2.75, 3.05) is 25.0 Å². The van der Waals surface area contributed by atoms with Gasteiger partial charge in [-0.15, -0.1) is 0 Å². The summed E-state index contributed by atoms with van der Waals surface area (Å²) in [7, 11) is 1.63. The summed E-state index contributed by atoms with van der Waals surface area (Å²) in [6.45, 7) is 5.75. The van der Waals surface area contributed by atoms with Crippen LogP contribution in [0.15, 0.2) is 34.8 Å². The minimum absolute atomic E-state index is 0.115. The van der Waals surface area contributed by atoms with Crippen LogP contribution in [0, 0.1) is 5.41 Å². The van der Waals surface area contributed by atoms with Crippen LogP contribution in [0.25, 0.3) is 16.8 Å². The summed E-state index contributed by atoms with van der Waals surface area (Å²) in [5.41, 5.74) is 3.74. The van der Waals surface area contributed by atoms with Gasteiger partial charge in [0.2, 0.25) is 5.95 Å². The first-order valence-electron chi connectivity index (χ1n) is 8.32. The molecule has 0 fully saturated rings. The molecule has 0 atom stereocenters. The summed E-state index contributed by atoms with van der Waals surface area (Å²) < 4.78 is 0. The number of aromatic amines is 1. The number of carbonyl (C=O) groups is 1. The summed E-state index contributed by atoms with van der Waals surface area (Å²) in [6.07, 6.45) is 2.70. The predicted molar refractivity (Wildman–Crippen MR) is 102 cm³/mol. The van der Waals surface area contributed by atoms with E-state index in [1.54, 1.807) is 13.1 Å². The number of rotatable bonds is 5. The highest BCUT2D eigenvalue weighted by atomic mass is 16.1. The Labute approximate surface area is 146 Å². The summed E-state index contributed by atoms with van der Waals surface area (Å²) >= 11 is 0. The number of aromatic nitrogens is 2. The fourth-order valence-electron chi connectivity index (χ4n) is 3.13. The van der Waals surface area contributed by atoms with Crippen molar-refractivity contribution in [3.05, 3.63) is 41.1 Å². The van der Waals surface area contributed by atoms with Crippen molar-refractivity contribution in [2.45, 2.75) is 13.8 Å². The second kappa shape index (κ2) is 6.84. The monoisotopic (exact) mass is 335 g/mol. The number of ketones is 1. The molecule has 0 unspecified atom stereocenters. The summed E-state index contributed by atoms with van der Waals surface area (Å²) in [5, 5.41) is 7.71. The first kappa shape index (κ1) is 16.8. The average molecular weight is 335 g/mol. The molecule has 1 aromatic heterocycles. The number of hydrogen-bond donors (Lipinski definition) is 2. The van der Waals surface area contributed by atoms with Gasteiger partial charge in [-0.1, -0.05) is 24.3 Å². The van der Waals surface area contributed by atoms with Crippen molar-refractivity contribution < 1.29 is 4.79 Å². The van der Waals surface area contributed by atoms with Crippen LogP contribution < -0.4 is 4.90 Å². The second-order valence-corrected chi connectivity index (χ2v) is 5.69. The molecule has 2 aromatic rings. The van der Waals surface area contributed by atoms with Gasteiger partial charge in [-0.25, -0.2) is 4.98 Å². The molecule has 1 aliphatic carbocycles. The van der Waals surface area contributed by atoms with E-state index < -0.39 is 0 Å². The van der Waals surface area contributed by atoms with Gasteiger partial charge in [0.05, 0.1) is 17.0 Å². The molecule has 1 heterocycles. The Morgan fingerprint density at radius 1 is 1.28 bits per heavy atom. The lowest BCUT2D eigenvalue weighted by Gasteiger charge is -2.18. The first-order chi connectivity index (χ1) is 12.2. The van der Waals surface area contributed by atoms with E-state index in [1.807, 2.05) is 18.2 Å². The molecule has 0 saturated carbocycles. The van der Waals surface area contributed by atoms with Crippen molar-refractivity contribution in [1.29, 1.82) is 5.41 Å². The van der Waals surface area contributed by atoms with Gasteiger partial charge in [-0.3, -0.25) is 9.79 Å². The van der Waals surface area contributed by atoms with Crippen molar-refractivity contribution in [2.24, 2.45) is 4.99 Å². The molecule has 3 rings (SSSR count). The third kappa shape index (κ3) is 2.69. The van der Waals surface area contributed by atoms with Gasteiger partial charge in [0.15, 0.2) is 5.78 Å². The molecule has 0 aliphatic heterocycles. The number of allylic oxidation sites excluding steroid dienone is 2. The Balaban J connectivity index is 2.33. The molecule has 0 bridgehead atoms. The van der Waals surface area contributed by atoms with E-state index in [2.05, 4.69) is 28.7 Å². The Hall–Kier alpha value is -3.02. The zero-order chi connectivity index (χ0) is 18.0. The van der Waals surface area contributed by atoms with E-state index in [0.29, 0.717) is 22.4 Å². The number of carbonyl (C=O) groups excluding carboxylic acids is 1. The maximum atomic E-state index is 13.1. The molecule has 0 radical (unpaired) electrons. The molecule has 1 aromatic carbocycles. The summed E-state index contributed by atoms with van der Waals surface area (Å²) in [5.74, 6) is 0.617. The normalized spacial score (nSPS) is 15.1. The van der Waals surface area contributed by atoms with Gasteiger partial charge in [-0.2, -0.15) is 0 Å². The van der Waals surface area contributed by atoms with Crippen LogP contribution in [0.4, 0.5) is 5.95 Å². The highest BCUT2D eigenvalue weighted by Crippen LogP contribution is 2.39. The smallest absolute Gasteiger partial charge is 0.203 e. The van der Waals surface area contributed by atoms with Crippen LogP contribution in [0.5, 0.6) is 0 Å². The molecule has 0 spiro atoms. The number of hydrogen-bond acceptors (Lipinski definition) is 5. The number of Topliss-reactive ketones (excluding diaryl/α,β-unsaturated/α-hetero) is 1. The molecule has 0 saturated heterocycles. The van der Waals surface area contributed by atoms with Crippen LogP contribution in [0.2, 0.25) is 0 Å². The van der Waals surface area contributed by atoms with E-state index in [-0.39, 0.29) is 5.78 Å². The number of nitrogens with one attached hydrogen (secondary N) is 2. The van der Waals surface area contributed by atoms with Crippen LogP contribution in [-0.4, -0.2) is 48.3 Å². The van der Waals surface area contributed by atoms with E-state index in [1.165, 1.54) is 6.21 Å². The molecule has 128 valence electrons. The number of aliphatic imine (C=N–C) groups is 1. The number of fused-ring (bicyclic) bond motifs is 3. The van der Waals surface area contributed by atoms with Gasteiger partial charge < -0.3 is 15.3 Å². The predicted octanol–water partition coefficient (Wildman–Crippen LogP) is 3.22. The Bertz CT molecular complexity index is 887. The minimum atomic E-state index is -0.115. The summed E-state index contributed by atoms with van der Waals surface area (Å²) in [4.78, 5) is 27.2. The van der Waals surface area contributed by atoms with Crippen LogP contribution in [-0.2, 0) is 0 Å². The third-order valence-corrected chi connectivity index (χ3v) is 4.37. The van der Waals surface area contributed by atoms with E-state index in [0.717, 1.165) is 36.5 Å². The minimum Gasteiger partial charge on any atom is -0.343 e. The van der Waals surface area contributed by atoms with E-state index in [4.69, 9.17) is 10.4 Å². The lowest BCUT2D eigenvalue weighted by Crippen LogP contribution is -2.23. The lowest BCUT2D eigenvalue weighted by atomic mass is 9.85. The largest absolute Gasteiger partial charge is 0.343 e. The first-order valence-corrected chi connectivity index (χ1v) is 8.32. The van der Waals surface area contributed by atoms with Gasteiger partial charge in [-0.05, 0) is 13.8 Å². The fourth-order valence-corrected chi connectivity index (χ4v) is 3.13. The molecule has 2 N–H and O–H groups in total. The van der Waals surface area contributed by atoms with Gasteiger partial charge in [0.1, 0.15) is 0 Å². The maximum Gasteiger partial charge on any atom is 0.203 e. The SMILES string of the molecule is CCN(CC)c1nc2c([nH]1)C(=C(C=N)C=NC)C(=O)c1ccccc1-2. The lowest BCUT2D eigenvalue weighted by molar-refractivity contribution is 0.105. The molecule has 6 heteroatoms. The molecule has 6 nitrogen and oxygen atoms in total. The van der Waals surface area contributed by atoms with Crippen LogP contribution >= 0.6 is 0 Å². The quantitative estimate of drug-likeness (QED) is 0.650. The van der Waals surface area contributed by atoms with Crippen LogP contribution in [0.3, 0.4) is 0 Å². The standard InChI is InChI=1S/C19H21N5O/c1-4-24(5-2)19-22-16-13-8-6-7-9-14(13)18(25)15(17(16)23-19)12(10-20)11-21-3/h6-11,20H,4-5H2,1-3H3,(H,22,23). The highest BCUT2D eigenvalue weighted by molar-refractivity contribution is 6.39. The molecular formula is C19H21N5O. The number of anilines is 1. The van der Waals surface area contributed by atoms with Gasteiger partial charge in [0.25, 0.3) is 0 Å². The molecular weight excluding hydrogens is 314 g/mol. The van der Waals surface area contributed by atoms with E-state index >= 15 is 0 Å². The Morgan fingerprint density at radius 3 is 2.56 bits per heavy atom. The fraction of sp³-hybridized carbons (Fsp3) is 0.263. The van der Waals surface area contributed by atoms with Crippen molar-refractivity contribution in [3.63, 3.8) is 0 Å². The number of benzene rings is 1. The molecule has 1 aliphatic rings. The average Bonchev–Trinajstić information content (AvgIpc) is 3.07. The zero-order valence-electron chi connectivity index (χ0n) is 14.6. The number of nitrogens with zero attached hydrogens (tertiary/aromatic N) is 3. The van der Waals surface area contributed by atoms with Gasteiger partial charge in [0, 0.05) is 49.3 Å². The topological polar surface area (TPSA) is 85.2 Å². The summed E-state index contributed by atoms with van der Waals surface area (Å²) in [6, 6.07) is 7.46. The van der Waals surface area contributed by atoms with Crippen molar-refractivity contribution in [1.82, 2.24) is 9.97 Å². The highest BCUT2D eigenvalue weighted by Gasteiger charge is 2.32. The number of H-pyrrole nitrogens is 1. The Morgan fingerprint density at radius 2 is 1.96 bits per heavy atom. The number of imidazole rings is 1. The van der Waals surface area contributed by atoms with E-state index in [9.17, 15) is 4.79 Å².